The lowest BCUT2D eigenvalue weighted by Crippen LogP contribution is -2.38. The van der Waals surface area contributed by atoms with Gasteiger partial charge in [0.15, 0.2) is 0 Å². The highest BCUT2D eigenvalue weighted by molar-refractivity contribution is 5.67. The minimum absolute atomic E-state index is 0.0523. The molecule has 1 aliphatic heterocycles. The van der Waals surface area contributed by atoms with Crippen LogP contribution in [0.2, 0.25) is 0 Å². The van der Waals surface area contributed by atoms with E-state index in [4.69, 9.17) is 14.6 Å². The Kier molecular flexibility index (Phi) is 3.98. The summed E-state index contributed by atoms with van der Waals surface area (Å²) in [5.41, 5.74) is 0. The summed E-state index contributed by atoms with van der Waals surface area (Å²) in [5, 5.41) is 8.44. The van der Waals surface area contributed by atoms with Gasteiger partial charge in [-0.25, -0.2) is 4.79 Å². The lowest BCUT2D eigenvalue weighted by atomic mass is 10.2. The summed E-state index contributed by atoms with van der Waals surface area (Å²) < 4.78 is 9.88. The topological polar surface area (TPSA) is 59.0 Å². The quantitative estimate of drug-likeness (QED) is 0.670. The Bertz CT molecular complexity index is 168. The Labute approximate surface area is 77.2 Å². The van der Waals surface area contributed by atoms with Crippen molar-refractivity contribution in [3.8, 4) is 0 Å². The highest BCUT2D eigenvalue weighted by Crippen LogP contribution is 2.11. The minimum Gasteiger partial charge on any atom is -0.447 e. The van der Waals surface area contributed by atoms with Crippen molar-refractivity contribution in [2.45, 2.75) is 12.5 Å². The van der Waals surface area contributed by atoms with E-state index < -0.39 is 6.09 Å². The third-order valence-electron chi connectivity index (χ3n) is 2.06. The Hall–Kier alpha value is -0.810. The highest BCUT2D eigenvalue weighted by atomic mass is 16.6. The van der Waals surface area contributed by atoms with E-state index in [1.54, 1.807) is 7.05 Å². The predicted molar refractivity (Wildman–Crippen MR) is 45.4 cm³/mol. The molecule has 0 saturated carbocycles. The summed E-state index contributed by atoms with van der Waals surface area (Å²) in [4.78, 5) is 12.7. The van der Waals surface area contributed by atoms with Gasteiger partial charge in [0.25, 0.3) is 0 Å². The molecule has 1 unspecified atom stereocenters. The molecule has 1 saturated heterocycles. The van der Waals surface area contributed by atoms with Crippen molar-refractivity contribution in [1.82, 2.24) is 4.90 Å². The number of hydrogen-bond donors (Lipinski definition) is 1. The van der Waals surface area contributed by atoms with E-state index in [1.807, 2.05) is 0 Å². The smallest absolute Gasteiger partial charge is 0.409 e. The molecule has 0 aromatic carbocycles. The van der Waals surface area contributed by atoms with Gasteiger partial charge in [0.2, 0.25) is 0 Å². The average molecular weight is 189 g/mol. The van der Waals surface area contributed by atoms with Crippen molar-refractivity contribution in [2.24, 2.45) is 0 Å². The molecular weight excluding hydrogens is 174 g/mol. The number of carbonyl (C=O) groups is 1. The summed E-state index contributed by atoms with van der Waals surface area (Å²) in [6.07, 6.45) is 0.453. The van der Waals surface area contributed by atoms with Crippen LogP contribution in [0.5, 0.6) is 0 Å². The van der Waals surface area contributed by atoms with Crippen LogP contribution in [0.3, 0.4) is 0 Å². The maximum atomic E-state index is 11.2. The zero-order valence-electron chi connectivity index (χ0n) is 7.73. The van der Waals surface area contributed by atoms with E-state index in [9.17, 15) is 4.79 Å². The van der Waals surface area contributed by atoms with Gasteiger partial charge in [-0.2, -0.15) is 0 Å². The van der Waals surface area contributed by atoms with E-state index in [1.165, 1.54) is 4.90 Å². The number of aliphatic hydroxyl groups excluding tert-OH is 1. The first-order chi connectivity index (χ1) is 6.25. The van der Waals surface area contributed by atoms with Gasteiger partial charge in [0.05, 0.1) is 19.3 Å². The number of nitrogens with zero attached hydrogens (tertiary/aromatic N) is 1. The van der Waals surface area contributed by atoms with Crippen molar-refractivity contribution in [2.75, 3.05) is 33.5 Å². The molecule has 1 amide bonds. The predicted octanol–water partition coefficient (Wildman–Crippen LogP) is -0.164. The van der Waals surface area contributed by atoms with Crippen LogP contribution < -0.4 is 0 Å². The number of rotatable bonds is 3. The molecule has 1 heterocycles. The van der Waals surface area contributed by atoms with Crippen LogP contribution in [-0.2, 0) is 9.47 Å². The molecule has 1 N–H and O–H groups in total. The summed E-state index contributed by atoms with van der Waals surface area (Å²) >= 11 is 0. The van der Waals surface area contributed by atoms with Crippen LogP contribution in [0.1, 0.15) is 6.42 Å². The minimum atomic E-state index is -0.399. The van der Waals surface area contributed by atoms with Crippen LogP contribution in [0.15, 0.2) is 0 Å². The van der Waals surface area contributed by atoms with Crippen LogP contribution >= 0.6 is 0 Å². The van der Waals surface area contributed by atoms with Gasteiger partial charge >= 0.3 is 6.09 Å². The number of aliphatic hydroxyl groups is 1. The number of amides is 1. The molecule has 13 heavy (non-hydrogen) atoms. The molecule has 0 aromatic rings. The Morgan fingerprint density at radius 2 is 2.54 bits per heavy atom. The molecule has 5 heteroatoms. The van der Waals surface area contributed by atoms with Crippen LogP contribution in [0.4, 0.5) is 4.79 Å². The van der Waals surface area contributed by atoms with Crippen molar-refractivity contribution in [3.05, 3.63) is 0 Å². The number of hydrogen-bond acceptors (Lipinski definition) is 4. The second-order valence-electron chi connectivity index (χ2n) is 2.97. The zero-order chi connectivity index (χ0) is 9.68. The average Bonchev–Trinajstić information content (AvgIpc) is 2.65. The van der Waals surface area contributed by atoms with Gasteiger partial charge in [-0.1, -0.05) is 0 Å². The molecule has 76 valence electrons. The standard InChI is InChI=1S/C8H15NO4/c1-9(7-2-4-12-6-7)8(11)13-5-3-10/h7,10H,2-6H2,1H3. The highest BCUT2D eigenvalue weighted by Gasteiger charge is 2.24. The fraction of sp³-hybridized carbons (Fsp3) is 0.875. The monoisotopic (exact) mass is 189 g/mol. The van der Waals surface area contributed by atoms with E-state index in [2.05, 4.69) is 0 Å². The maximum absolute atomic E-state index is 11.2. The third-order valence-corrected chi connectivity index (χ3v) is 2.06. The summed E-state index contributed by atoms with van der Waals surface area (Å²) in [7, 11) is 1.68. The van der Waals surface area contributed by atoms with Gasteiger partial charge < -0.3 is 19.5 Å². The van der Waals surface area contributed by atoms with Crippen molar-refractivity contribution in [1.29, 1.82) is 0 Å². The number of ether oxygens (including phenoxy) is 2. The van der Waals surface area contributed by atoms with Crippen molar-refractivity contribution in [3.63, 3.8) is 0 Å². The third kappa shape index (κ3) is 2.86. The second-order valence-corrected chi connectivity index (χ2v) is 2.97. The molecule has 0 aliphatic carbocycles. The van der Waals surface area contributed by atoms with Gasteiger partial charge in [-0.3, -0.25) is 0 Å². The number of likely N-dealkylation sites (N-methyl/N-ethyl adjacent to an activating group) is 1. The van der Waals surface area contributed by atoms with Crippen molar-refractivity contribution < 1.29 is 19.4 Å². The number of carbonyl (C=O) groups excluding carboxylic acids is 1. The molecule has 1 atom stereocenters. The first kappa shape index (κ1) is 10.3. The maximum Gasteiger partial charge on any atom is 0.409 e. The lowest BCUT2D eigenvalue weighted by molar-refractivity contribution is 0.0763. The zero-order valence-corrected chi connectivity index (χ0v) is 7.73. The van der Waals surface area contributed by atoms with Gasteiger partial charge in [0.1, 0.15) is 6.61 Å². The molecular formula is C8H15NO4. The molecule has 0 bridgehead atoms. The first-order valence-corrected chi connectivity index (χ1v) is 4.34. The molecule has 5 nitrogen and oxygen atoms in total. The van der Waals surface area contributed by atoms with Crippen LogP contribution in [0.25, 0.3) is 0 Å². The first-order valence-electron chi connectivity index (χ1n) is 4.34. The van der Waals surface area contributed by atoms with Crippen LogP contribution in [0, 0.1) is 0 Å². The van der Waals surface area contributed by atoms with Crippen LogP contribution in [-0.4, -0.2) is 55.6 Å². The molecule has 1 aliphatic rings. The van der Waals surface area contributed by atoms with Gasteiger partial charge in [0, 0.05) is 13.7 Å². The molecule has 0 aromatic heterocycles. The second kappa shape index (κ2) is 5.04. The van der Waals surface area contributed by atoms with E-state index in [0.29, 0.717) is 13.2 Å². The van der Waals surface area contributed by atoms with E-state index >= 15 is 0 Å². The Balaban J connectivity index is 2.28. The Morgan fingerprint density at radius 3 is 3.08 bits per heavy atom. The molecule has 1 rings (SSSR count). The largest absolute Gasteiger partial charge is 0.447 e. The van der Waals surface area contributed by atoms with E-state index in [0.717, 1.165) is 6.42 Å². The Morgan fingerprint density at radius 1 is 1.77 bits per heavy atom. The normalized spacial score (nSPS) is 21.5. The fourth-order valence-electron chi connectivity index (χ4n) is 1.21. The summed E-state index contributed by atoms with van der Waals surface area (Å²) in [5.74, 6) is 0. The molecule has 0 spiro atoms. The summed E-state index contributed by atoms with van der Waals surface area (Å²) in [6.45, 7) is 1.19. The fourth-order valence-corrected chi connectivity index (χ4v) is 1.21. The van der Waals surface area contributed by atoms with Gasteiger partial charge in [-0.15, -0.1) is 0 Å². The van der Waals surface area contributed by atoms with Gasteiger partial charge in [-0.05, 0) is 6.42 Å². The van der Waals surface area contributed by atoms with Crippen molar-refractivity contribution >= 4 is 6.09 Å². The molecule has 0 radical (unpaired) electrons. The SMILES string of the molecule is CN(C(=O)OCCO)C1CCOC1. The molecule has 1 fully saturated rings. The summed E-state index contributed by atoms with van der Waals surface area (Å²) in [6, 6.07) is 0.117. The van der Waals surface area contributed by atoms with E-state index in [-0.39, 0.29) is 19.3 Å². The lowest BCUT2D eigenvalue weighted by Gasteiger charge is -2.21.